The Hall–Kier alpha value is -1.62. The molecule has 3 aromatic heterocycles. The molecule has 4 nitrogen and oxygen atoms in total. The summed E-state index contributed by atoms with van der Waals surface area (Å²) in [4.78, 5) is 5.64. The van der Waals surface area contributed by atoms with Gasteiger partial charge in [0.2, 0.25) is 0 Å². The highest BCUT2D eigenvalue weighted by Crippen LogP contribution is 2.37. The van der Waals surface area contributed by atoms with E-state index >= 15 is 0 Å². The number of rotatable bonds is 0. The summed E-state index contributed by atoms with van der Waals surface area (Å²) < 4.78 is 1.01. The average Bonchev–Trinajstić information content (AvgIpc) is 2.76. The number of hydrogen-bond acceptors (Lipinski definition) is 4. The first-order valence-electron chi connectivity index (χ1n) is 5.09. The van der Waals surface area contributed by atoms with Crippen LogP contribution in [0.3, 0.4) is 0 Å². The number of aromatic amines is 1. The number of aromatic nitrogens is 3. The Morgan fingerprint density at radius 1 is 1.19 bits per heavy atom. The van der Waals surface area contributed by atoms with Crippen LogP contribution >= 0.6 is 11.3 Å². The Morgan fingerprint density at radius 2 is 1.94 bits per heavy atom. The van der Waals surface area contributed by atoms with Gasteiger partial charge in [0.05, 0.1) is 10.2 Å². The smallest absolute Gasteiger partial charge is 0.163 e. The van der Waals surface area contributed by atoms with Crippen molar-refractivity contribution in [3.8, 4) is 0 Å². The van der Waals surface area contributed by atoms with Crippen molar-refractivity contribution in [3.63, 3.8) is 0 Å². The van der Waals surface area contributed by atoms with Crippen LogP contribution in [0.25, 0.3) is 20.4 Å². The van der Waals surface area contributed by atoms with Crippen LogP contribution in [0.1, 0.15) is 16.8 Å². The summed E-state index contributed by atoms with van der Waals surface area (Å²) in [5, 5.41) is 8.19. The maximum Gasteiger partial charge on any atom is 0.163 e. The summed E-state index contributed by atoms with van der Waals surface area (Å²) in [7, 11) is 0. The monoisotopic (exact) mass is 232 g/mol. The Morgan fingerprint density at radius 3 is 2.69 bits per heavy atom. The van der Waals surface area contributed by atoms with Gasteiger partial charge in [0, 0.05) is 11.1 Å². The lowest BCUT2D eigenvalue weighted by Gasteiger charge is -2.04. The number of fused-ring (bicyclic) bond motifs is 3. The minimum Gasteiger partial charge on any atom is -0.381 e. The Bertz CT molecular complexity index is 708. The number of nitrogens with one attached hydrogen (secondary N) is 1. The first kappa shape index (κ1) is 9.59. The first-order valence-corrected chi connectivity index (χ1v) is 5.91. The molecule has 3 rings (SSSR count). The summed E-state index contributed by atoms with van der Waals surface area (Å²) >= 11 is 1.60. The van der Waals surface area contributed by atoms with Crippen LogP contribution in [0.4, 0.5) is 5.82 Å². The quantitative estimate of drug-likeness (QED) is 0.626. The average molecular weight is 232 g/mol. The van der Waals surface area contributed by atoms with Crippen LogP contribution in [-0.2, 0) is 0 Å². The number of nitrogens with zero attached hydrogens (tertiary/aromatic N) is 2. The number of pyridine rings is 1. The number of anilines is 1. The Kier molecular flexibility index (Phi) is 1.77. The molecule has 0 bridgehead atoms. The predicted octanol–water partition coefficient (Wildman–Crippen LogP) is 2.68. The number of thiophene rings is 1. The Balaban J connectivity index is 2.61. The van der Waals surface area contributed by atoms with Gasteiger partial charge in [-0.2, -0.15) is 5.10 Å². The number of aryl methyl sites for hydroxylation is 2. The van der Waals surface area contributed by atoms with E-state index in [9.17, 15) is 0 Å². The maximum atomic E-state index is 5.81. The highest BCUT2D eigenvalue weighted by molar-refractivity contribution is 7.26. The van der Waals surface area contributed by atoms with E-state index in [-0.39, 0.29) is 0 Å². The molecule has 5 heteroatoms. The van der Waals surface area contributed by atoms with Crippen LogP contribution in [0.5, 0.6) is 0 Å². The van der Waals surface area contributed by atoms with Crippen molar-refractivity contribution in [2.24, 2.45) is 0 Å². The normalized spacial score (nSPS) is 11.7. The number of H-pyrrole nitrogens is 1. The molecule has 0 spiro atoms. The van der Waals surface area contributed by atoms with Crippen LogP contribution in [0.15, 0.2) is 0 Å². The van der Waals surface area contributed by atoms with Gasteiger partial charge in [0.1, 0.15) is 4.83 Å². The van der Waals surface area contributed by atoms with Gasteiger partial charge in [0.25, 0.3) is 0 Å². The van der Waals surface area contributed by atoms with Crippen LogP contribution in [0.2, 0.25) is 0 Å². The van der Waals surface area contributed by atoms with E-state index in [0.717, 1.165) is 26.1 Å². The van der Waals surface area contributed by atoms with Crippen molar-refractivity contribution in [1.82, 2.24) is 15.2 Å². The third-order valence-corrected chi connectivity index (χ3v) is 4.27. The molecule has 0 aliphatic heterocycles. The zero-order valence-electron chi connectivity index (χ0n) is 9.38. The van der Waals surface area contributed by atoms with E-state index < -0.39 is 0 Å². The maximum absolute atomic E-state index is 5.81. The van der Waals surface area contributed by atoms with Gasteiger partial charge in [-0.15, -0.1) is 11.3 Å². The van der Waals surface area contributed by atoms with Gasteiger partial charge >= 0.3 is 0 Å². The highest BCUT2D eigenvalue weighted by atomic mass is 32.1. The molecule has 0 fully saturated rings. The third-order valence-electron chi connectivity index (χ3n) is 3.16. The Labute approximate surface area is 96.5 Å². The summed E-state index contributed by atoms with van der Waals surface area (Å²) in [6, 6.07) is 0. The fourth-order valence-corrected chi connectivity index (χ4v) is 3.13. The molecule has 0 amide bonds. The fraction of sp³-hybridized carbons (Fsp3) is 0.273. The molecule has 0 atom stereocenters. The van der Waals surface area contributed by atoms with Crippen LogP contribution in [-0.4, -0.2) is 15.2 Å². The fourth-order valence-electron chi connectivity index (χ4n) is 1.99. The molecule has 3 heterocycles. The topological polar surface area (TPSA) is 67.6 Å². The zero-order valence-corrected chi connectivity index (χ0v) is 10.2. The van der Waals surface area contributed by atoms with Crippen molar-refractivity contribution in [2.45, 2.75) is 20.8 Å². The molecule has 16 heavy (non-hydrogen) atoms. The molecule has 0 radical (unpaired) electrons. The second kappa shape index (κ2) is 2.95. The predicted molar refractivity (Wildman–Crippen MR) is 67.9 cm³/mol. The van der Waals surface area contributed by atoms with Gasteiger partial charge in [-0.25, -0.2) is 4.98 Å². The second-order valence-electron chi connectivity index (χ2n) is 4.04. The van der Waals surface area contributed by atoms with Gasteiger partial charge in [-0.05, 0) is 31.9 Å². The van der Waals surface area contributed by atoms with E-state index in [1.165, 1.54) is 11.1 Å². The van der Waals surface area contributed by atoms with Crippen molar-refractivity contribution in [3.05, 3.63) is 16.8 Å². The van der Waals surface area contributed by atoms with E-state index in [0.29, 0.717) is 5.82 Å². The molecule has 82 valence electrons. The molecular formula is C11H12N4S. The van der Waals surface area contributed by atoms with E-state index in [1.54, 1.807) is 11.3 Å². The third kappa shape index (κ3) is 1.03. The number of hydrogen-bond donors (Lipinski definition) is 2. The number of nitrogens with two attached hydrogens (primary N) is 1. The lowest BCUT2D eigenvalue weighted by molar-refractivity contribution is 1.13. The van der Waals surface area contributed by atoms with Gasteiger partial charge in [-0.1, -0.05) is 0 Å². The van der Waals surface area contributed by atoms with Crippen molar-refractivity contribution < 1.29 is 0 Å². The standard InChI is InChI=1S/C11H12N4S/c1-4-5(2)7-8-9(10(12)15-14-8)16-11(7)13-6(4)3/h1-3H3,(H3,12,14,15). The summed E-state index contributed by atoms with van der Waals surface area (Å²) in [6.45, 7) is 6.26. The molecular weight excluding hydrogens is 220 g/mol. The summed E-state index contributed by atoms with van der Waals surface area (Å²) in [5.74, 6) is 0.563. The summed E-state index contributed by atoms with van der Waals surface area (Å²) in [6.07, 6.45) is 0. The zero-order chi connectivity index (χ0) is 11.4. The largest absolute Gasteiger partial charge is 0.381 e. The van der Waals surface area contributed by atoms with Gasteiger partial charge < -0.3 is 5.73 Å². The van der Waals surface area contributed by atoms with E-state index in [2.05, 4.69) is 29.0 Å². The molecule has 0 unspecified atom stereocenters. The van der Waals surface area contributed by atoms with Crippen LogP contribution in [0, 0.1) is 20.8 Å². The van der Waals surface area contributed by atoms with Crippen LogP contribution < -0.4 is 5.73 Å². The molecule has 3 N–H and O–H groups in total. The highest BCUT2D eigenvalue weighted by Gasteiger charge is 2.15. The summed E-state index contributed by atoms with van der Waals surface area (Å²) in [5.41, 5.74) is 10.4. The van der Waals surface area contributed by atoms with Gasteiger partial charge in [-0.3, -0.25) is 5.10 Å². The molecule has 0 aliphatic rings. The lowest BCUT2D eigenvalue weighted by atomic mass is 10.1. The minimum atomic E-state index is 0.563. The van der Waals surface area contributed by atoms with Crippen molar-refractivity contribution >= 4 is 37.6 Å². The number of nitrogen functional groups attached to an aromatic ring is 1. The SMILES string of the molecule is Cc1nc2sc3c(N)n[nH]c3c2c(C)c1C. The molecule has 3 aromatic rings. The van der Waals surface area contributed by atoms with Crippen molar-refractivity contribution in [1.29, 1.82) is 0 Å². The molecule has 0 aliphatic carbocycles. The van der Waals surface area contributed by atoms with E-state index in [4.69, 9.17) is 5.73 Å². The minimum absolute atomic E-state index is 0.563. The molecule has 0 aromatic carbocycles. The molecule has 0 saturated carbocycles. The lowest BCUT2D eigenvalue weighted by Crippen LogP contribution is -1.91. The van der Waals surface area contributed by atoms with Crippen molar-refractivity contribution in [2.75, 3.05) is 5.73 Å². The first-order chi connectivity index (χ1) is 7.59. The van der Waals surface area contributed by atoms with Gasteiger partial charge in [0.15, 0.2) is 5.82 Å². The van der Waals surface area contributed by atoms with E-state index in [1.807, 2.05) is 6.92 Å². The second-order valence-corrected chi connectivity index (χ2v) is 5.04. The molecule has 0 saturated heterocycles.